The van der Waals surface area contributed by atoms with Gasteiger partial charge in [-0.25, -0.2) is 4.79 Å². The van der Waals surface area contributed by atoms with Gasteiger partial charge in [0.2, 0.25) is 5.91 Å². The van der Waals surface area contributed by atoms with E-state index < -0.39 is 18.0 Å². The van der Waals surface area contributed by atoms with Crippen molar-refractivity contribution in [3.8, 4) is 0 Å². The summed E-state index contributed by atoms with van der Waals surface area (Å²) in [6.45, 7) is 8.28. The Morgan fingerprint density at radius 3 is 2.47 bits per heavy atom. The molecule has 0 saturated carbocycles. The summed E-state index contributed by atoms with van der Waals surface area (Å²) < 4.78 is 5.24. The van der Waals surface area contributed by atoms with E-state index in [1.807, 2.05) is 63.2 Å². The van der Waals surface area contributed by atoms with Gasteiger partial charge in [-0.15, -0.1) is 0 Å². The van der Waals surface area contributed by atoms with Crippen LogP contribution in [0, 0.1) is 5.41 Å². The molecule has 0 bridgehead atoms. The Morgan fingerprint density at radius 1 is 1.06 bits per heavy atom. The molecule has 0 aliphatic rings. The largest absolute Gasteiger partial charge is 0.462 e. The van der Waals surface area contributed by atoms with Gasteiger partial charge in [0.05, 0.1) is 12.2 Å². The summed E-state index contributed by atoms with van der Waals surface area (Å²) in [5.41, 5.74) is 1.39. The molecule has 0 fully saturated rings. The Kier molecular flexibility index (Phi) is 8.13. The molecule has 1 atom stereocenters. The number of halogens is 1. The summed E-state index contributed by atoms with van der Waals surface area (Å²) in [5.74, 6) is -1.07. The molecule has 0 aliphatic heterocycles. The van der Waals surface area contributed by atoms with Crippen LogP contribution in [0.3, 0.4) is 0 Å². The maximum atomic E-state index is 12.9. The van der Waals surface area contributed by atoms with Crippen LogP contribution in [0.15, 0.2) is 66.7 Å². The predicted octanol–water partition coefficient (Wildman–Crippen LogP) is 5.68. The number of carbonyl (C=O) groups excluding carboxylic acids is 2. The number of esters is 1. The molecular formula is C28H30ClNO4. The first-order chi connectivity index (χ1) is 16.1. The van der Waals surface area contributed by atoms with Crippen molar-refractivity contribution in [3.63, 3.8) is 0 Å². The van der Waals surface area contributed by atoms with Gasteiger partial charge < -0.3 is 15.2 Å². The summed E-state index contributed by atoms with van der Waals surface area (Å²) >= 11 is 6.29. The number of ether oxygens (including phenoxy) is 1. The maximum Gasteiger partial charge on any atom is 0.338 e. The zero-order chi connectivity index (χ0) is 24.9. The molecule has 34 heavy (non-hydrogen) atoms. The number of hydrogen-bond acceptors (Lipinski definition) is 4. The number of benzene rings is 3. The van der Waals surface area contributed by atoms with E-state index in [0.717, 1.165) is 10.8 Å². The van der Waals surface area contributed by atoms with E-state index in [4.69, 9.17) is 16.3 Å². The monoisotopic (exact) mass is 479 g/mol. The molecule has 3 aromatic rings. The van der Waals surface area contributed by atoms with Crippen molar-refractivity contribution in [1.82, 2.24) is 5.32 Å². The fourth-order valence-electron chi connectivity index (χ4n) is 3.65. The molecule has 0 saturated heterocycles. The average molecular weight is 480 g/mol. The van der Waals surface area contributed by atoms with Crippen molar-refractivity contribution >= 4 is 39.8 Å². The fraction of sp³-hybridized carbons (Fsp3) is 0.286. The summed E-state index contributed by atoms with van der Waals surface area (Å²) in [4.78, 5) is 25.6. The molecule has 0 aromatic heterocycles. The quantitative estimate of drug-likeness (QED) is 0.337. The van der Waals surface area contributed by atoms with Crippen molar-refractivity contribution in [3.05, 3.63) is 88.5 Å². The highest BCUT2D eigenvalue weighted by molar-refractivity contribution is 6.31. The van der Waals surface area contributed by atoms with E-state index in [1.165, 1.54) is 6.08 Å². The van der Waals surface area contributed by atoms with Crippen LogP contribution < -0.4 is 5.32 Å². The molecule has 1 unspecified atom stereocenters. The van der Waals surface area contributed by atoms with E-state index in [-0.39, 0.29) is 17.6 Å². The van der Waals surface area contributed by atoms with Crippen molar-refractivity contribution < 1.29 is 19.4 Å². The van der Waals surface area contributed by atoms with Gasteiger partial charge in [-0.1, -0.05) is 80.9 Å². The molecule has 1 amide bonds. The molecule has 178 valence electrons. The second-order valence-corrected chi connectivity index (χ2v) is 9.70. The normalized spacial score (nSPS) is 12.9. The zero-order valence-corrected chi connectivity index (χ0v) is 20.6. The lowest BCUT2D eigenvalue weighted by Gasteiger charge is -2.20. The first-order valence-electron chi connectivity index (χ1n) is 11.2. The lowest BCUT2D eigenvalue weighted by atomic mass is 9.90. The summed E-state index contributed by atoms with van der Waals surface area (Å²) in [6.07, 6.45) is 0.141. The minimum Gasteiger partial charge on any atom is -0.462 e. The third-order valence-corrected chi connectivity index (χ3v) is 5.52. The van der Waals surface area contributed by atoms with Crippen LogP contribution in [0.4, 0.5) is 0 Å². The van der Waals surface area contributed by atoms with Crippen molar-refractivity contribution in [1.29, 1.82) is 0 Å². The van der Waals surface area contributed by atoms with Crippen molar-refractivity contribution in [2.45, 2.75) is 33.8 Å². The van der Waals surface area contributed by atoms with Gasteiger partial charge in [0, 0.05) is 17.6 Å². The van der Waals surface area contributed by atoms with Gasteiger partial charge >= 0.3 is 5.97 Å². The van der Waals surface area contributed by atoms with Gasteiger partial charge in [-0.2, -0.15) is 0 Å². The molecule has 0 radical (unpaired) electrons. The van der Waals surface area contributed by atoms with Crippen LogP contribution in [-0.2, 0) is 14.3 Å². The second kappa shape index (κ2) is 10.9. The summed E-state index contributed by atoms with van der Waals surface area (Å²) in [7, 11) is 0. The third kappa shape index (κ3) is 6.25. The first-order valence-corrected chi connectivity index (χ1v) is 11.6. The second-order valence-electron chi connectivity index (χ2n) is 9.26. The van der Waals surface area contributed by atoms with Crippen LogP contribution in [0.2, 0.25) is 5.02 Å². The number of aliphatic hydroxyl groups excluding tert-OH is 1. The van der Waals surface area contributed by atoms with E-state index in [9.17, 15) is 14.7 Å². The highest BCUT2D eigenvalue weighted by Gasteiger charge is 2.24. The third-order valence-electron chi connectivity index (χ3n) is 5.28. The van der Waals surface area contributed by atoms with Gasteiger partial charge in [-0.05, 0) is 51.9 Å². The average Bonchev–Trinajstić information content (AvgIpc) is 2.80. The molecule has 5 nitrogen and oxygen atoms in total. The molecule has 0 heterocycles. The van der Waals surface area contributed by atoms with E-state index in [0.29, 0.717) is 28.3 Å². The minimum absolute atomic E-state index is 0.0548. The molecule has 0 spiro atoms. The Labute approximate surface area is 205 Å². The SMILES string of the molecule is CCOC(=O)/C(=C\C(=O)NCC(C)(C)C)c1ccc(Cl)cc1C(O)c1cccc2ccccc12. The molecule has 2 N–H and O–H groups in total. The Balaban J connectivity index is 2.12. The summed E-state index contributed by atoms with van der Waals surface area (Å²) in [5, 5.41) is 16.5. The van der Waals surface area contributed by atoms with Crippen LogP contribution in [0.5, 0.6) is 0 Å². The summed E-state index contributed by atoms with van der Waals surface area (Å²) in [6, 6.07) is 18.3. The number of nitrogens with one attached hydrogen (secondary N) is 1. The minimum atomic E-state index is -1.09. The van der Waals surface area contributed by atoms with Gasteiger partial charge in [0.15, 0.2) is 0 Å². The molecular weight excluding hydrogens is 450 g/mol. The highest BCUT2D eigenvalue weighted by Crippen LogP contribution is 2.35. The Bertz CT molecular complexity index is 1220. The van der Waals surface area contributed by atoms with Crippen LogP contribution in [0.1, 0.15) is 50.5 Å². The predicted molar refractivity (Wildman–Crippen MR) is 137 cm³/mol. The Morgan fingerprint density at radius 2 is 1.76 bits per heavy atom. The number of aliphatic hydroxyl groups is 1. The lowest BCUT2D eigenvalue weighted by Crippen LogP contribution is -2.31. The number of rotatable bonds is 7. The van der Waals surface area contributed by atoms with Crippen LogP contribution in [-0.4, -0.2) is 30.1 Å². The maximum absolute atomic E-state index is 12.9. The standard InChI is InChI=1S/C28H30ClNO4/c1-5-34-27(33)24(16-25(31)30-17-28(2,3)4)21-14-13-19(29)15-23(21)26(32)22-12-8-10-18-9-6-7-11-20(18)22/h6-16,26,32H,5,17H2,1-4H3,(H,30,31)/b24-16-. The van der Waals surface area contributed by atoms with Gasteiger partial charge in [-0.3, -0.25) is 4.79 Å². The van der Waals surface area contributed by atoms with Crippen molar-refractivity contribution in [2.75, 3.05) is 13.2 Å². The zero-order valence-electron chi connectivity index (χ0n) is 19.9. The van der Waals surface area contributed by atoms with Gasteiger partial charge in [0.1, 0.15) is 6.10 Å². The molecule has 0 aliphatic carbocycles. The number of fused-ring (bicyclic) bond motifs is 1. The molecule has 3 rings (SSSR count). The van der Waals surface area contributed by atoms with Crippen LogP contribution in [0.25, 0.3) is 16.3 Å². The van der Waals surface area contributed by atoms with Crippen molar-refractivity contribution in [2.24, 2.45) is 5.41 Å². The smallest absolute Gasteiger partial charge is 0.338 e. The fourth-order valence-corrected chi connectivity index (χ4v) is 3.83. The molecule has 3 aromatic carbocycles. The topological polar surface area (TPSA) is 75.6 Å². The van der Waals surface area contributed by atoms with Gasteiger partial charge in [0.25, 0.3) is 0 Å². The lowest BCUT2D eigenvalue weighted by molar-refractivity contribution is -0.136. The number of carbonyl (C=O) groups is 2. The Hall–Kier alpha value is -3.15. The highest BCUT2D eigenvalue weighted by atomic mass is 35.5. The first kappa shape index (κ1) is 25.5. The van der Waals surface area contributed by atoms with E-state index >= 15 is 0 Å². The van der Waals surface area contributed by atoms with E-state index in [2.05, 4.69) is 5.32 Å². The van der Waals surface area contributed by atoms with E-state index in [1.54, 1.807) is 25.1 Å². The van der Waals surface area contributed by atoms with Crippen LogP contribution >= 0.6 is 11.6 Å². The number of hydrogen-bond donors (Lipinski definition) is 2. The molecule has 6 heteroatoms. The number of amides is 1.